The molecule has 0 spiro atoms. The van der Waals surface area contributed by atoms with E-state index in [2.05, 4.69) is 10.6 Å². The molecular formula is C18H27N3O4. The molecule has 1 saturated heterocycles. The first-order valence-corrected chi connectivity index (χ1v) is 8.78. The van der Waals surface area contributed by atoms with Crippen molar-refractivity contribution < 1.29 is 19.1 Å². The molecule has 3 amide bonds. The van der Waals surface area contributed by atoms with Crippen molar-refractivity contribution in [2.24, 2.45) is 0 Å². The van der Waals surface area contributed by atoms with E-state index in [4.69, 9.17) is 9.47 Å². The zero-order chi connectivity index (χ0) is 17.9. The molecule has 1 aliphatic rings. The van der Waals surface area contributed by atoms with E-state index in [0.29, 0.717) is 18.0 Å². The summed E-state index contributed by atoms with van der Waals surface area (Å²) in [6.07, 6.45) is 5.14. The number of carbonyl (C=O) groups is 2. The molecule has 7 nitrogen and oxygen atoms in total. The average molecular weight is 349 g/mol. The molecule has 25 heavy (non-hydrogen) atoms. The number of methoxy groups -OCH3 is 1. The molecule has 0 atom stereocenters. The lowest BCUT2D eigenvalue weighted by atomic mass is 10.1. The molecule has 0 unspecified atom stereocenters. The monoisotopic (exact) mass is 349 g/mol. The maximum absolute atomic E-state index is 12.4. The largest absolute Gasteiger partial charge is 0.447 e. The smallest absolute Gasteiger partial charge is 0.411 e. The van der Waals surface area contributed by atoms with E-state index >= 15 is 0 Å². The second-order valence-electron chi connectivity index (χ2n) is 6.02. The molecular weight excluding hydrogens is 322 g/mol. The summed E-state index contributed by atoms with van der Waals surface area (Å²) in [5.74, 6) is 0. The summed E-state index contributed by atoms with van der Waals surface area (Å²) in [5, 5.41) is 5.53. The summed E-state index contributed by atoms with van der Waals surface area (Å²) in [6, 6.07) is 6.92. The predicted molar refractivity (Wildman–Crippen MR) is 97.0 cm³/mol. The Labute approximate surface area is 148 Å². The Morgan fingerprint density at radius 1 is 1.00 bits per heavy atom. The van der Waals surface area contributed by atoms with Crippen LogP contribution in [0.25, 0.3) is 0 Å². The van der Waals surface area contributed by atoms with E-state index in [1.807, 2.05) is 4.90 Å². The highest BCUT2D eigenvalue weighted by atomic mass is 16.6. The molecule has 1 aromatic rings. The molecule has 1 heterocycles. The highest BCUT2D eigenvalue weighted by Crippen LogP contribution is 2.17. The van der Waals surface area contributed by atoms with Crippen LogP contribution in [0.4, 0.5) is 21.0 Å². The van der Waals surface area contributed by atoms with Crippen LogP contribution >= 0.6 is 0 Å². The lowest BCUT2D eigenvalue weighted by Crippen LogP contribution is -2.37. The predicted octanol–water partition coefficient (Wildman–Crippen LogP) is 3.68. The normalized spacial score (nSPS) is 15.0. The third kappa shape index (κ3) is 7.01. The molecule has 138 valence electrons. The van der Waals surface area contributed by atoms with Crippen LogP contribution in [0.1, 0.15) is 32.1 Å². The Hall–Kier alpha value is -2.28. The average Bonchev–Trinajstić information content (AvgIpc) is 2.55. The van der Waals surface area contributed by atoms with Crippen molar-refractivity contribution in [2.75, 3.05) is 44.0 Å². The Balaban J connectivity index is 1.87. The molecule has 2 rings (SSSR count). The van der Waals surface area contributed by atoms with Gasteiger partial charge in [0.25, 0.3) is 0 Å². The van der Waals surface area contributed by atoms with Gasteiger partial charge in [0.1, 0.15) is 6.61 Å². The number of ether oxygens (including phenoxy) is 2. The number of nitrogens with one attached hydrogen (secondary N) is 2. The van der Waals surface area contributed by atoms with E-state index in [1.165, 1.54) is 19.3 Å². The van der Waals surface area contributed by atoms with Crippen LogP contribution in [0, 0.1) is 0 Å². The minimum Gasteiger partial charge on any atom is -0.447 e. The van der Waals surface area contributed by atoms with Gasteiger partial charge in [0.05, 0.1) is 6.61 Å². The number of anilines is 2. The SMILES string of the molecule is COCCOC(=O)Nc1cccc(NC(=O)N2CCCCCCC2)c1. The lowest BCUT2D eigenvalue weighted by Gasteiger charge is -2.25. The summed E-state index contributed by atoms with van der Waals surface area (Å²) in [6.45, 7) is 2.11. The molecule has 0 aromatic heterocycles. The van der Waals surface area contributed by atoms with Gasteiger partial charge in [-0.3, -0.25) is 5.32 Å². The number of likely N-dealkylation sites (tertiary alicyclic amines) is 1. The van der Waals surface area contributed by atoms with Gasteiger partial charge in [0.15, 0.2) is 0 Å². The first-order valence-electron chi connectivity index (χ1n) is 8.78. The third-order valence-electron chi connectivity index (χ3n) is 4.02. The van der Waals surface area contributed by atoms with Crippen LogP contribution in [-0.4, -0.2) is 50.4 Å². The molecule has 1 aromatic carbocycles. The molecule has 2 N–H and O–H groups in total. The maximum atomic E-state index is 12.4. The number of rotatable bonds is 5. The van der Waals surface area contributed by atoms with Crippen molar-refractivity contribution in [1.29, 1.82) is 0 Å². The number of amides is 3. The van der Waals surface area contributed by atoms with Crippen LogP contribution < -0.4 is 10.6 Å². The van der Waals surface area contributed by atoms with Gasteiger partial charge in [-0.1, -0.05) is 25.3 Å². The quantitative estimate of drug-likeness (QED) is 0.795. The van der Waals surface area contributed by atoms with Crippen LogP contribution in [0.15, 0.2) is 24.3 Å². The van der Waals surface area contributed by atoms with E-state index in [-0.39, 0.29) is 12.6 Å². The molecule has 0 aliphatic carbocycles. The van der Waals surface area contributed by atoms with Gasteiger partial charge in [-0.05, 0) is 31.0 Å². The van der Waals surface area contributed by atoms with Gasteiger partial charge in [0, 0.05) is 31.6 Å². The van der Waals surface area contributed by atoms with E-state index in [9.17, 15) is 9.59 Å². The number of nitrogens with zero attached hydrogens (tertiary/aromatic N) is 1. The van der Waals surface area contributed by atoms with Gasteiger partial charge >= 0.3 is 12.1 Å². The number of carbonyl (C=O) groups excluding carboxylic acids is 2. The van der Waals surface area contributed by atoms with Gasteiger partial charge in [0.2, 0.25) is 0 Å². The number of urea groups is 1. The molecule has 0 bridgehead atoms. The fourth-order valence-corrected chi connectivity index (χ4v) is 2.70. The minimum atomic E-state index is -0.552. The van der Waals surface area contributed by atoms with Crippen molar-refractivity contribution in [3.05, 3.63) is 24.3 Å². The summed E-state index contributed by atoms with van der Waals surface area (Å²) in [7, 11) is 1.54. The van der Waals surface area contributed by atoms with E-state index in [0.717, 1.165) is 25.9 Å². The fraction of sp³-hybridized carbons (Fsp3) is 0.556. The first kappa shape index (κ1) is 19.1. The Bertz CT molecular complexity index is 557. The first-order chi connectivity index (χ1) is 12.2. The highest BCUT2D eigenvalue weighted by molar-refractivity contribution is 5.91. The Morgan fingerprint density at radius 2 is 1.64 bits per heavy atom. The highest BCUT2D eigenvalue weighted by Gasteiger charge is 2.15. The Morgan fingerprint density at radius 3 is 2.32 bits per heavy atom. The maximum Gasteiger partial charge on any atom is 0.411 e. The Kier molecular flexibility index (Phi) is 8.04. The molecule has 1 fully saturated rings. The van der Waals surface area contributed by atoms with Crippen molar-refractivity contribution >= 4 is 23.5 Å². The second-order valence-corrected chi connectivity index (χ2v) is 6.02. The second kappa shape index (κ2) is 10.6. The van der Waals surface area contributed by atoms with Crippen LogP contribution in [0.3, 0.4) is 0 Å². The summed E-state index contributed by atoms with van der Waals surface area (Å²) in [5.41, 5.74) is 1.20. The molecule has 0 saturated carbocycles. The van der Waals surface area contributed by atoms with Crippen LogP contribution in [-0.2, 0) is 9.47 Å². The molecule has 1 aliphatic heterocycles. The lowest BCUT2D eigenvalue weighted by molar-refractivity contribution is 0.107. The zero-order valence-electron chi connectivity index (χ0n) is 14.8. The minimum absolute atomic E-state index is 0.0956. The number of hydrogen-bond acceptors (Lipinski definition) is 4. The van der Waals surface area contributed by atoms with Crippen molar-refractivity contribution in [3.8, 4) is 0 Å². The van der Waals surface area contributed by atoms with Gasteiger partial charge in [-0.2, -0.15) is 0 Å². The van der Waals surface area contributed by atoms with Crippen molar-refractivity contribution in [2.45, 2.75) is 32.1 Å². The van der Waals surface area contributed by atoms with Crippen molar-refractivity contribution in [3.63, 3.8) is 0 Å². The summed E-state index contributed by atoms with van der Waals surface area (Å²) >= 11 is 0. The fourth-order valence-electron chi connectivity index (χ4n) is 2.70. The van der Waals surface area contributed by atoms with E-state index in [1.54, 1.807) is 31.4 Å². The zero-order valence-corrected chi connectivity index (χ0v) is 14.8. The molecule has 0 radical (unpaired) electrons. The van der Waals surface area contributed by atoms with Gasteiger partial charge in [-0.25, -0.2) is 9.59 Å². The topological polar surface area (TPSA) is 79.9 Å². The summed E-state index contributed by atoms with van der Waals surface area (Å²) in [4.78, 5) is 25.9. The molecule has 7 heteroatoms. The summed E-state index contributed by atoms with van der Waals surface area (Å²) < 4.78 is 9.78. The number of hydrogen-bond donors (Lipinski definition) is 2. The third-order valence-corrected chi connectivity index (χ3v) is 4.02. The van der Waals surface area contributed by atoms with Gasteiger partial charge in [-0.15, -0.1) is 0 Å². The van der Waals surface area contributed by atoms with Crippen LogP contribution in [0.2, 0.25) is 0 Å². The van der Waals surface area contributed by atoms with E-state index < -0.39 is 6.09 Å². The standard InChI is InChI=1S/C18H27N3O4/c1-24-12-13-25-18(23)20-16-9-7-8-15(14-16)19-17(22)21-10-5-3-2-4-6-11-21/h7-9,14H,2-6,10-13H2,1H3,(H,19,22)(H,20,23). The number of benzene rings is 1. The van der Waals surface area contributed by atoms with Gasteiger partial charge < -0.3 is 19.7 Å². The van der Waals surface area contributed by atoms with Crippen LogP contribution in [0.5, 0.6) is 0 Å². The van der Waals surface area contributed by atoms with Crippen molar-refractivity contribution in [1.82, 2.24) is 4.90 Å².